The van der Waals surface area contributed by atoms with Crippen molar-refractivity contribution in [3.63, 3.8) is 0 Å². The lowest BCUT2D eigenvalue weighted by Gasteiger charge is -2.20. The van der Waals surface area contributed by atoms with Crippen molar-refractivity contribution >= 4 is 17.6 Å². The van der Waals surface area contributed by atoms with Crippen LogP contribution in [0.15, 0.2) is 30.3 Å². The highest BCUT2D eigenvalue weighted by atomic mass is 16.7. The maximum atomic E-state index is 11.1. The minimum Gasteiger partial charge on any atom is -0.480 e. The molecule has 1 saturated heterocycles. The number of anilines is 1. The number of carboxylic acid groups (broad SMARTS) is 1. The summed E-state index contributed by atoms with van der Waals surface area (Å²) >= 11 is 0. The predicted molar refractivity (Wildman–Crippen MR) is 78.5 cm³/mol. The number of nitrogens with two attached hydrogens (primary N) is 1. The van der Waals surface area contributed by atoms with Crippen LogP contribution in [0.4, 0.5) is 5.69 Å². The average Bonchev–Trinajstić information content (AvgIpc) is 2.97. The first-order chi connectivity index (χ1) is 10.5. The van der Waals surface area contributed by atoms with Crippen LogP contribution in [-0.4, -0.2) is 46.0 Å². The molecular weight excluding hydrogens is 292 g/mol. The fourth-order valence-corrected chi connectivity index (χ4v) is 2.06. The van der Waals surface area contributed by atoms with Crippen LogP contribution >= 0.6 is 0 Å². The van der Waals surface area contributed by atoms with Gasteiger partial charge in [0.25, 0.3) is 0 Å². The number of benzene rings is 1. The number of aliphatic carboxylic acids is 1. The number of nitrogens with one attached hydrogen (secondary N) is 1. The smallest absolute Gasteiger partial charge is 0.326 e. The normalized spacial score (nSPS) is 16.4. The van der Waals surface area contributed by atoms with E-state index in [9.17, 15) is 19.7 Å². The summed E-state index contributed by atoms with van der Waals surface area (Å²) in [6.07, 6.45) is 1.30. The molecule has 0 spiro atoms. The van der Waals surface area contributed by atoms with E-state index < -0.39 is 17.0 Å². The van der Waals surface area contributed by atoms with Gasteiger partial charge in [0.1, 0.15) is 11.7 Å². The van der Waals surface area contributed by atoms with E-state index in [1.54, 1.807) is 30.3 Å². The quantitative estimate of drug-likeness (QED) is 0.537. The van der Waals surface area contributed by atoms with E-state index in [-0.39, 0.29) is 12.5 Å². The first-order valence-corrected chi connectivity index (χ1v) is 6.64. The maximum Gasteiger partial charge on any atom is 0.326 e. The van der Waals surface area contributed by atoms with Crippen molar-refractivity contribution in [3.8, 4) is 0 Å². The van der Waals surface area contributed by atoms with E-state index in [1.807, 2.05) is 5.43 Å². The molecule has 1 aromatic carbocycles. The van der Waals surface area contributed by atoms with Crippen molar-refractivity contribution in [2.24, 2.45) is 5.73 Å². The third kappa shape index (κ3) is 5.37. The lowest BCUT2D eigenvalue weighted by atomic mass is 10.2. The summed E-state index contributed by atoms with van der Waals surface area (Å²) in [6.45, 7) is 0.413. The molecule has 120 valence electrons. The fourth-order valence-electron chi connectivity index (χ4n) is 2.06. The van der Waals surface area contributed by atoms with E-state index in [1.165, 1.54) is 4.90 Å². The molecule has 1 fully saturated rings. The predicted octanol–water partition coefficient (Wildman–Crippen LogP) is 0.311. The number of nitrogens with zero attached hydrogens (tertiary/aromatic N) is 2. The summed E-state index contributed by atoms with van der Waals surface area (Å²) in [7, 11) is 0. The van der Waals surface area contributed by atoms with Gasteiger partial charge in [0.15, 0.2) is 5.03 Å². The van der Waals surface area contributed by atoms with Gasteiger partial charge in [-0.25, -0.2) is 14.9 Å². The highest BCUT2D eigenvalue weighted by molar-refractivity contribution is 5.85. The molecule has 4 N–H and O–H groups in total. The van der Waals surface area contributed by atoms with Gasteiger partial charge in [-0.05, 0) is 25.0 Å². The second-order valence-corrected chi connectivity index (χ2v) is 4.52. The number of carbonyl (C=O) groups is 2. The number of rotatable bonds is 4. The summed E-state index contributed by atoms with van der Waals surface area (Å²) in [4.78, 5) is 32.9. The fraction of sp³-hybridized carbons (Fsp3) is 0.385. The Morgan fingerprint density at radius 2 is 2.05 bits per heavy atom. The average molecular weight is 310 g/mol. The number of amides is 1. The summed E-state index contributed by atoms with van der Waals surface area (Å²) in [5.74, 6) is -1.21. The third-order valence-corrected chi connectivity index (χ3v) is 3.03. The molecular formula is C13H18N4O5. The molecule has 0 bridgehead atoms. The Balaban J connectivity index is 0.000000224. The van der Waals surface area contributed by atoms with Crippen molar-refractivity contribution in [3.05, 3.63) is 40.4 Å². The molecule has 0 saturated carbocycles. The van der Waals surface area contributed by atoms with Crippen molar-refractivity contribution < 1.29 is 19.7 Å². The zero-order valence-corrected chi connectivity index (χ0v) is 11.8. The minimum absolute atomic E-state index is 0.107. The number of likely N-dealkylation sites (tertiary alicyclic amines) is 1. The van der Waals surface area contributed by atoms with E-state index in [2.05, 4.69) is 0 Å². The van der Waals surface area contributed by atoms with Gasteiger partial charge in [-0.2, -0.15) is 0 Å². The Bertz CT molecular complexity index is 522. The first kappa shape index (κ1) is 17.4. The third-order valence-electron chi connectivity index (χ3n) is 3.03. The Morgan fingerprint density at radius 3 is 2.55 bits per heavy atom. The Morgan fingerprint density at radius 1 is 1.41 bits per heavy atom. The summed E-state index contributed by atoms with van der Waals surface area (Å²) < 4.78 is 0. The number of nitro groups is 1. The van der Waals surface area contributed by atoms with E-state index in [4.69, 9.17) is 10.8 Å². The lowest BCUT2D eigenvalue weighted by Crippen LogP contribution is -2.43. The molecule has 0 unspecified atom stereocenters. The number of hydrogen-bond donors (Lipinski definition) is 3. The van der Waals surface area contributed by atoms with Crippen molar-refractivity contribution in [2.45, 2.75) is 18.9 Å². The van der Waals surface area contributed by atoms with Gasteiger partial charge in [0.2, 0.25) is 5.91 Å². The monoisotopic (exact) mass is 310 g/mol. The van der Waals surface area contributed by atoms with Gasteiger partial charge < -0.3 is 15.7 Å². The number of hydrazine groups is 1. The Hall–Kier alpha value is -2.68. The highest BCUT2D eigenvalue weighted by Crippen LogP contribution is 2.16. The second kappa shape index (κ2) is 8.57. The Kier molecular flexibility index (Phi) is 6.77. The maximum absolute atomic E-state index is 11.1. The molecule has 9 heteroatoms. The summed E-state index contributed by atoms with van der Waals surface area (Å²) in [6, 6.07) is 7.86. The zero-order valence-electron chi connectivity index (χ0n) is 11.8. The lowest BCUT2D eigenvalue weighted by molar-refractivity contribution is -0.445. The molecule has 1 amide bonds. The molecule has 1 atom stereocenters. The summed E-state index contributed by atoms with van der Waals surface area (Å²) in [5, 5.41) is 18.0. The first-order valence-electron chi connectivity index (χ1n) is 6.64. The van der Waals surface area contributed by atoms with Crippen LogP contribution in [0.25, 0.3) is 0 Å². The zero-order chi connectivity index (χ0) is 16.5. The standard InChI is InChI=1S/C7H12N2O3.C6H6N2O2/c8-4-6(10)9-3-1-2-5(9)7(11)12;9-8(10)7-6-4-2-1-3-5-6/h5H,1-4,8H2,(H,11,12);1-5,7H/t5-;/m0./s1. The van der Waals surface area contributed by atoms with Crippen molar-refractivity contribution in [1.29, 1.82) is 0 Å². The number of carbonyl (C=O) groups excluding carboxylic acids is 1. The molecule has 0 aliphatic carbocycles. The van der Waals surface area contributed by atoms with E-state index in [0.29, 0.717) is 18.7 Å². The van der Waals surface area contributed by atoms with E-state index >= 15 is 0 Å². The number of hydrogen-bond acceptors (Lipinski definition) is 5. The molecule has 22 heavy (non-hydrogen) atoms. The number of para-hydroxylation sites is 1. The van der Waals surface area contributed by atoms with Crippen LogP contribution in [0.2, 0.25) is 0 Å². The molecule has 0 radical (unpaired) electrons. The topological polar surface area (TPSA) is 139 Å². The van der Waals surface area contributed by atoms with Gasteiger partial charge in [-0.1, -0.05) is 18.2 Å². The minimum atomic E-state index is -0.936. The van der Waals surface area contributed by atoms with Crippen LogP contribution in [0.5, 0.6) is 0 Å². The largest absolute Gasteiger partial charge is 0.480 e. The molecule has 1 aromatic rings. The molecule has 9 nitrogen and oxygen atoms in total. The van der Waals surface area contributed by atoms with Gasteiger partial charge in [0.05, 0.1) is 6.54 Å². The van der Waals surface area contributed by atoms with Gasteiger partial charge in [0, 0.05) is 6.54 Å². The molecule has 1 aliphatic heterocycles. The molecule has 2 rings (SSSR count). The highest BCUT2D eigenvalue weighted by Gasteiger charge is 2.32. The number of carboxylic acids is 1. The van der Waals surface area contributed by atoms with Crippen LogP contribution in [0, 0.1) is 10.1 Å². The van der Waals surface area contributed by atoms with Crippen LogP contribution in [0.1, 0.15) is 12.8 Å². The van der Waals surface area contributed by atoms with Gasteiger partial charge in [-0.3, -0.25) is 4.79 Å². The summed E-state index contributed by atoms with van der Waals surface area (Å²) in [5.41, 5.74) is 7.65. The Labute approximate surface area is 126 Å². The van der Waals surface area contributed by atoms with Crippen molar-refractivity contribution in [2.75, 3.05) is 18.5 Å². The van der Waals surface area contributed by atoms with Crippen LogP contribution in [-0.2, 0) is 9.59 Å². The van der Waals surface area contributed by atoms with E-state index in [0.717, 1.165) is 6.42 Å². The van der Waals surface area contributed by atoms with Crippen LogP contribution < -0.4 is 11.2 Å². The molecule has 1 aliphatic rings. The van der Waals surface area contributed by atoms with Crippen molar-refractivity contribution in [1.82, 2.24) is 4.90 Å². The molecule has 0 aromatic heterocycles. The van der Waals surface area contributed by atoms with Crippen LogP contribution in [0.3, 0.4) is 0 Å². The molecule has 1 heterocycles. The van der Waals surface area contributed by atoms with Gasteiger partial charge >= 0.3 is 5.97 Å². The van der Waals surface area contributed by atoms with Gasteiger partial charge in [-0.15, -0.1) is 5.43 Å². The second-order valence-electron chi connectivity index (χ2n) is 4.52. The SMILES string of the molecule is NCC(=O)N1CCC[C@H]1C(=O)O.O=[N+]([O-])Nc1ccccc1.